The zero-order valence-corrected chi connectivity index (χ0v) is 23.2. The van der Waals surface area contributed by atoms with Gasteiger partial charge in [-0.05, 0) is 56.1 Å². The molecule has 0 amide bonds. The third kappa shape index (κ3) is 8.96. The summed E-state index contributed by atoms with van der Waals surface area (Å²) in [6.45, 7) is 7.47. The zero-order valence-electron chi connectivity index (χ0n) is 22.3. The van der Waals surface area contributed by atoms with Gasteiger partial charge in [-0.3, -0.25) is 0 Å². The first-order chi connectivity index (χ1) is 17.8. The molecule has 0 aromatic heterocycles. The van der Waals surface area contributed by atoms with Crippen molar-refractivity contribution >= 4 is 22.4 Å². The van der Waals surface area contributed by atoms with Crippen LogP contribution in [0.25, 0.3) is 5.57 Å². The minimum absolute atomic E-state index is 0.389. The van der Waals surface area contributed by atoms with E-state index in [0.717, 1.165) is 79.8 Å². The van der Waals surface area contributed by atoms with E-state index in [1.165, 1.54) is 5.12 Å². The number of unbranched alkanes of at least 4 members (excludes halogenated alkanes) is 3. The molecule has 0 fully saturated rings. The number of ether oxygens (including phenoxy) is 1. The molecule has 0 saturated carbocycles. The maximum absolute atomic E-state index is 11.0. The largest absolute Gasteiger partial charge is 0.483 e. The normalized spacial score (nSPS) is 18.1. The molecule has 1 heterocycles. The summed E-state index contributed by atoms with van der Waals surface area (Å²) < 4.78 is 20.3. The molecule has 6 N–H and O–H groups in total. The van der Waals surface area contributed by atoms with Crippen LogP contribution < -0.4 is 26.4 Å². The Balaban J connectivity index is 1.63. The predicted octanol–water partition coefficient (Wildman–Crippen LogP) is 3.51. The lowest BCUT2D eigenvalue weighted by atomic mass is 9.87. The second kappa shape index (κ2) is 14.3. The number of nitrogens with two attached hydrogens (primary N) is 2. The van der Waals surface area contributed by atoms with E-state index in [9.17, 15) is 4.21 Å². The van der Waals surface area contributed by atoms with E-state index in [1.807, 2.05) is 30.3 Å². The van der Waals surface area contributed by atoms with Crippen LogP contribution >= 0.6 is 0 Å². The van der Waals surface area contributed by atoms with Crippen molar-refractivity contribution in [1.82, 2.24) is 15.2 Å². The number of para-hydroxylation sites is 1. The van der Waals surface area contributed by atoms with E-state index in [4.69, 9.17) is 16.3 Å². The van der Waals surface area contributed by atoms with Crippen LogP contribution in [0.1, 0.15) is 62.6 Å². The van der Waals surface area contributed by atoms with Gasteiger partial charge in [0.15, 0.2) is 5.84 Å². The Bertz CT molecular complexity index is 1090. The third-order valence-corrected chi connectivity index (χ3v) is 6.98. The Morgan fingerprint density at radius 2 is 1.81 bits per heavy atom. The van der Waals surface area contributed by atoms with Gasteiger partial charge in [0.2, 0.25) is 0 Å². The molecule has 9 heteroatoms. The zero-order chi connectivity index (χ0) is 26.7. The first-order valence-electron chi connectivity index (χ1n) is 13.1. The first-order valence-corrected chi connectivity index (χ1v) is 14.6. The fourth-order valence-electron chi connectivity index (χ4n) is 4.35. The van der Waals surface area contributed by atoms with Crippen molar-refractivity contribution < 1.29 is 8.95 Å². The van der Waals surface area contributed by atoms with Gasteiger partial charge in [0.05, 0.1) is 17.5 Å². The van der Waals surface area contributed by atoms with Gasteiger partial charge in [-0.25, -0.2) is 19.9 Å². The Morgan fingerprint density at radius 1 is 1.08 bits per heavy atom. The van der Waals surface area contributed by atoms with Crippen LogP contribution in [0.4, 0.5) is 0 Å². The van der Waals surface area contributed by atoms with Crippen LogP contribution in [0.3, 0.4) is 0 Å². The van der Waals surface area contributed by atoms with E-state index in [0.29, 0.717) is 12.4 Å². The van der Waals surface area contributed by atoms with Gasteiger partial charge in [0.1, 0.15) is 11.4 Å². The Labute approximate surface area is 224 Å². The van der Waals surface area contributed by atoms with E-state index in [-0.39, 0.29) is 0 Å². The highest BCUT2D eigenvalue weighted by molar-refractivity contribution is 7.82. The molecule has 1 aliphatic rings. The molecule has 0 saturated heterocycles. The van der Waals surface area contributed by atoms with Gasteiger partial charge < -0.3 is 15.8 Å². The Kier molecular flexibility index (Phi) is 11.1. The molecular formula is C28H42N6O2S. The molecule has 2 aromatic rings. The van der Waals surface area contributed by atoms with Gasteiger partial charge in [0, 0.05) is 30.3 Å². The van der Waals surface area contributed by atoms with E-state index >= 15 is 0 Å². The monoisotopic (exact) mass is 526 g/mol. The summed E-state index contributed by atoms with van der Waals surface area (Å²) in [4.78, 5) is 0. The molecule has 8 nitrogen and oxygen atoms in total. The van der Waals surface area contributed by atoms with E-state index in [1.54, 1.807) is 6.26 Å². The highest BCUT2D eigenvalue weighted by atomic mass is 32.2. The second-order valence-corrected chi connectivity index (χ2v) is 10.8. The summed E-state index contributed by atoms with van der Waals surface area (Å²) in [7, 11) is -0.944. The number of nitrogens with one attached hydrogen (secondary N) is 2. The lowest BCUT2D eigenvalue weighted by molar-refractivity contribution is 0.127. The summed E-state index contributed by atoms with van der Waals surface area (Å²) in [6, 6.07) is 16.3. The van der Waals surface area contributed by atoms with Crippen LogP contribution in [-0.2, 0) is 11.0 Å². The number of amidine groups is 1. The lowest BCUT2D eigenvalue weighted by Gasteiger charge is -2.34. The van der Waals surface area contributed by atoms with Crippen LogP contribution in [0, 0.1) is 0 Å². The number of nitrogens with zero attached hydrogens (tertiary/aromatic N) is 2. The number of benzene rings is 2. The predicted molar refractivity (Wildman–Crippen MR) is 154 cm³/mol. The molecule has 2 atom stereocenters. The molecule has 202 valence electrons. The number of hydrogen-bond donors (Lipinski definition) is 4. The smallest absolute Gasteiger partial charge is 0.152 e. The summed E-state index contributed by atoms with van der Waals surface area (Å²) in [5.41, 5.74) is 10.0. The minimum Gasteiger partial charge on any atom is -0.483 e. The van der Waals surface area contributed by atoms with E-state index < -0.39 is 16.6 Å². The van der Waals surface area contributed by atoms with Crippen LogP contribution in [0.2, 0.25) is 0 Å². The molecule has 2 aromatic carbocycles. The van der Waals surface area contributed by atoms with Crippen molar-refractivity contribution in [3.05, 3.63) is 71.3 Å². The van der Waals surface area contributed by atoms with Crippen molar-refractivity contribution in [2.75, 3.05) is 32.4 Å². The van der Waals surface area contributed by atoms with Crippen molar-refractivity contribution in [1.29, 1.82) is 0 Å². The summed E-state index contributed by atoms with van der Waals surface area (Å²) >= 11 is 0. The maximum Gasteiger partial charge on any atom is 0.152 e. The molecule has 0 spiro atoms. The number of hydrazine groups is 1. The van der Waals surface area contributed by atoms with Gasteiger partial charge in [-0.15, -0.1) is 5.10 Å². The molecule has 1 aliphatic heterocycles. The Hall–Kier alpha value is -2.72. The highest BCUT2D eigenvalue weighted by Crippen LogP contribution is 2.40. The van der Waals surface area contributed by atoms with Crippen molar-refractivity contribution in [2.24, 2.45) is 16.7 Å². The number of hydrogen-bond acceptors (Lipinski definition) is 6. The standard InChI is InChI=1S/C28H42N6O2S/c1-4-31-19-17-28(2)21-25(24-11-7-8-12-26(24)36-28)22-13-15-23(16-14-22)27(29)33-34(30)20-10-6-5-9-18-32-37(3)35/h7-8,11-16,21,31-32H,4-6,9-10,17-20,30H2,1-3H3,(H2,29,33). The number of hydrazone groups is 1. The molecule has 3 rings (SSSR count). The lowest BCUT2D eigenvalue weighted by Crippen LogP contribution is -2.36. The van der Waals surface area contributed by atoms with Crippen LogP contribution in [-0.4, -0.2) is 53.2 Å². The molecular weight excluding hydrogens is 484 g/mol. The Morgan fingerprint density at radius 3 is 2.54 bits per heavy atom. The van der Waals surface area contributed by atoms with Crippen molar-refractivity contribution in [3.63, 3.8) is 0 Å². The third-order valence-electron chi connectivity index (χ3n) is 6.37. The number of fused-ring (bicyclic) bond motifs is 1. The van der Waals surface area contributed by atoms with Crippen LogP contribution in [0.15, 0.2) is 59.7 Å². The summed E-state index contributed by atoms with van der Waals surface area (Å²) in [5.74, 6) is 7.35. The van der Waals surface area contributed by atoms with Gasteiger partial charge in [-0.1, -0.05) is 62.2 Å². The van der Waals surface area contributed by atoms with Gasteiger partial charge in [0.25, 0.3) is 0 Å². The summed E-state index contributed by atoms with van der Waals surface area (Å²) in [5, 5.41) is 9.17. The first kappa shape index (κ1) is 28.8. The fraction of sp³-hybridized carbons (Fsp3) is 0.464. The molecule has 0 radical (unpaired) electrons. The number of rotatable bonds is 15. The summed E-state index contributed by atoms with van der Waals surface area (Å²) in [6.07, 6.45) is 8.75. The van der Waals surface area contributed by atoms with Crippen LogP contribution in [0.5, 0.6) is 5.75 Å². The quantitative estimate of drug-likeness (QED) is 0.0928. The van der Waals surface area contributed by atoms with Gasteiger partial charge in [-0.2, -0.15) is 0 Å². The maximum atomic E-state index is 11.0. The molecule has 37 heavy (non-hydrogen) atoms. The topological polar surface area (TPSA) is 118 Å². The average Bonchev–Trinajstić information content (AvgIpc) is 2.87. The van der Waals surface area contributed by atoms with Crippen molar-refractivity contribution in [2.45, 2.75) is 51.6 Å². The molecule has 2 unspecified atom stereocenters. The second-order valence-electron chi connectivity index (χ2n) is 9.56. The highest BCUT2D eigenvalue weighted by Gasteiger charge is 2.30. The fourth-order valence-corrected chi connectivity index (χ4v) is 4.78. The van der Waals surface area contributed by atoms with E-state index in [2.05, 4.69) is 53.3 Å². The molecule has 0 bridgehead atoms. The minimum atomic E-state index is -0.944. The SMILES string of the molecule is CCNCCC1(C)C=C(c2ccc(/C(N)=N/N(N)CCCCCCNS(C)=O)cc2)c2ccccc2O1. The molecule has 0 aliphatic carbocycles. The van der Waals surface area contributed by atoms with Crippen molar-refractivity contribution in [3.8, 4) is 5.75 Å². The van der Waals surface area contributed by atoms with Gasteiger partial charge >= 0.3 is 0 Å². The average molecular weight is 527 g/mol.